The van der Waals surface area contributed by atoms with Crippen LogP contribution in [0, 0.1) is 0 Å². The van der Waals surface area contributed by atoms with Crippen LogP contribution in [0.1, 0.15) is 12.8 Å². The van der Waals surface area contributed by atoms with E-state index < -0.39 is 6.04 Å². The highest BCUT2D eigenvalue weighted by Gasteiger charge is 2.15. The quantitative estimate of drug-likeness (QED) is 0.584. The monoisotopic (exact) mass is 356 g/mol. The van der Waals surface area contributed by atoms with Crippen LogP contribution in [0.4, 0.5) is 5.69 Å². The molecule has 0 aliphatic carbocycles. The van der Waals surface area contributed by atoms with Gasteiger partial charge in [-0.15, -0.1) is 0 Å². The first kappa shape index (κ1) is 15.7. The third-order valence-corrected chi connectivity index (χ3v) is 3.72. The zero-order chi connectivity index (χ0) is 15.4. The number of aromatic nitrogens is 2. The Morgan fingerprint density at radius 1 is 1.43 bits per heavy atom. The van der Waals surface area contributed by atoms with E-state index in [0.29, 0.717) is 34.2 Å². The molecule has 0 aliphatic rings. The summed E-state index contributed by atoms with van der Waals surface area (Å²) in [6.07, 6.45) is 1.26. The molecule has 0 radical (unpaired) electrons. The minimum atomic E-state index is -0.604. The van der Waals surface area contributed by atoms with E-state index in [1.807, 2.05) is 0 Å². The lowest BCUT2D eigenvalue weighted by molar-refractivity contribution is -0.117. The molecule has 1 aromatic heterocycles. The predicted octanol–water partition coefficient (Wildman–Crippen LogP) is 1.31. The van der Waals surface area contributed by atoms with Gasteiger partial charge in [0, 0.05) is 18.2 Å². The molecule has 1 amide bonds. The fraction of sp³-hybridized carbons (Fsp3) is 0.385. The van der Waals surface area contributed by atoms with Gasteiger partial charge in [0.25, 0.3) is 0 Å². The fourth-order valence-electron chi connectivity index (χ4n) is 1.96. The average molecular weight is 357 g/mol. The van der Waals surface area contributed by atoms with Gasteiger partial charge in [-0.05, 0) is 40.9 Å². The normalized spacial score (nSPS) is 12.5. The molecule has 0 bridgehead atoms. The van der Waals surface area contributed by atoms with Crippen molar-refractivity contribution in [3.63, 3.8) is 0 Å². The molecule has 21 heavy (non-hydrogen) atoms. The van der Waals surface area contributed by atoms with E-state index in [1.54, 1.807) is 19.2 Å². The van der Waals surface area contributed by atoms with Gasteiger partial charge in [0.1, 0.15) is 0 Å². The van der Waals surface area contributed by atoms with Crippen molar-refractivity contribution in [3.05, 3.63) is 27.1 Å². The van der Waals surface area contributed by atoms with Crippen molar-refractivity contribution < 1.29 is 9.53 Å². The van der Waals surface area contributed by atoms with E-state index >= 15 is 0 Å². The van der Waals surface area contributed by atoms with Crippen LogP contribution in [-0.4, -0.2) is 35.6 Å². The third kappa shape index (κ3) is 3.93. The number of methoxy groups -OCH3 is 1. The molecule has 1 atom stereocenters. The number of nitrogens with one attached hydrogen (secondary N) is 3. The van der Waals surface area contributed by atoms with E-state index in [9.17, 15) is 9.59 Å². The van der Waals surface area contributed by atoms with E-state index in [4.69, 9.17) is 10.5 Å². The van der Waals surface area contributed by atoms with Crippen LogP contribution in [0.3, 0.4) is 0 Å². The number of amides is 1. The van der Waals surface area contributed by atoms with Crippen molar-refractivity contribution >= 4 is 38.6 Å². The van der Waals surface area contributed by atoms with E-state index in [0.717, 1.165) is 6.42 Å². The summed E-state index contributed by atoms with van der Waals surface area (Å²) >= 11 is 3.36. The Labute approximate surface area is 129 Å². The van der Waals surface area contributed by atoms with Crippen molar-refractivity contribution in [2.75, 3.05) is 19.0 Å². The number of anilines is 1. The number of benzene rings is 1. The SMILES string of the molecule is COCCCC(N)C(=O)Nc1cc2[nH]c(=O)[nH]c2cc1Br. The van der Waals surface area contributed by atoms with Gasteiger partial charge in [-0.2, -0.15) is 0 Å². The Kier molecular flexibility index (Phi) is 5.16. The maximum Gasteiger partial charge on any atom is 0.323 e. The molecule has 0 saturated heterocycles. The standard InChI is InChI=1S/C13H17BrN4O3/c1-21-4-2-3-8(15)12(19)16-9-6-11-10(5-7(9)14)17-13(20)18-11/h5-6,8H,2-4,15H2,1H3,(H,16,19)(H2,17,18,20). The highest BCUT2D eigenvalue weighted by molar-refractivity contribution is 9.10. The molecule has 2 aromatic rings. The van der Waals surface area contributed by atoms with Gasteiger partial charge in [-0.3, -0.25) is 4.79 Å². The molecule has 0 spiro atoms. The number of halogens is 1. The summed E-state index contributed by atoms with van der Waals surface area (Å²) in [5.74, 6) is -0.274. The molecular formula is C13H17BrN4O3. The molecule has 114 valence electrons. The number of nitrogens with two attached hydrogens (primary N) is 1. The molecule has 1 heterocycles. The average Bonchev–Trinajstić information content (AvgIpc) is 2.78. The van der Waals surface area contributed by atoms with Gasteiger partial charge in [-0.1, -0.05) is 0 Å². The summed E-state index contributed by atoms with van der Waals surface area (Å²) in [4.78, 5) is 28.5. The number of fused-ring (bicyclic) bond motifs is 1. The zero-order valence-corrected chi connectivity index (χ0v) is 13.1. The molecule has 0 aliphatic heterocycles. The maximum absolute atomic E-state index is 12.0. The summed E-state index contributed by atoms with van der Waals surface area (Å²) in [5, 5.41) is 2.75. The second kappa shape index (κ2) is 6.88. The molecule has 1 unspecified atom stereocenters. The lowest BCUT2D eigenvalue weighted by Crippen LogP contribution is -2.35. The summed E-state index contributed by atoms with van der Waals surface area (Å²) in [6.45, 7) is 0.571. The topological polar surface area (TPSA) is 113 Å². The van der Waals surface area contributed by atoms with Gasteiger partial charge in [0.15, 0.2) is 0 Å². The van der Waals surface area contributed by atoms with Crippen molar-refractivity contribution in [1.29, 1.82) is 0 Å². The smallest absolute Gasteiger partial charge is 0.323 e. The molecule has 0 fully saturated rings. The highest BCUT2D eigenvalue weighted by Crippen LogP contribution is 2.26. The number of hydrogen-bond donors (Lipinski definition) is 4. The van der Waals surface area contributed by atoms with Crippen molar-refractivity contribution in [3.8, 4) is 0 Å². The van der Waals surface area contributed by atoms with Crippen LogP contribution in [-0.2, 0) is 9.53 Å². The van der Waals surface area contributed by atoms with Crippen LogP contribution in [0.5, 0.6) is 0 Å². The summed E-state index contributed by atoms with van der Waals surface area (Å²) in [7, 11) is 1.61. The predicted molar refractivity (Wildman–Crippen MR) is 84.3 cm³/mol. The third-order valence-electron chi connectivity index (χ3n) is 3.06. The minimum absolute atomic E-state index is 0.274. The van der Waals surface area contributed by atoms with Gasteiger partial charge >= 0.3 is 5.69 Å². The summed E-state index contributed by atoms with van der Waals surface area (Å²) < 4.78 is 5.60. The lowest BCUT2D eigenvalue weighted by Gasteiger charge is -2.13. The summed E-state index contributed by atoms with van der Waals surface area (Å²) in [6, 6.07) is 2.80. The number of aromatic amines is 2. The Bertz CT molecular complexity index is 694. The van der Waals surface area contributed by atoms with Crippen molar-refractivity contribution in [2.45, 2.75) is 18.9 Å². The number of ether oxygens (including phenoxy) is 1. The van der Waals surface area contributed by atoms with Gasteiger partial charge < -0.3 is 25.8 Å². The van der Waals surface area contributed by atoms with Crippen molar-refractivity contribution in [1.82, 2.24) is 9.97 Å². The molecular weight excluding hydrogens is 340 g/mol. The van der Waals surface area contributed by atoms with E-state index in [-0.39, 0.29) is 11.6 Å². The first-order valence-corrected chi connectivity index (χ1v) is 7.27. The van der Waals surface area contributed by atoms with Gasteiger partial charge in [-0.25, -0.2) is 4.79 Å². The van der Waals surface area contributed by atoms with Crippen LogP contribution < -0.4 is 16.7 Å². The highest BCUT2D eigenvalue weighted by atomic mass is 79.9. The lowest BCUT2D eigenvalue weighted by atomic mass is 10.1. The first-order chi connectivity index (χ1) is 10.0. The van der Waals surface area contributed by atoms with Gasteiger partial charge in [0.2, 0.25) is 5.91 Å². The first-order valence-electron chi connectivity index (χ1n) is 6.48. The number of H-pyrrole nitrogens is 2. The molecule has 7 nitrogen and oxygen atoms in total. The second-order valence-electron chi connectivity index (χ2n) is 4.69. The largest absolute Gasteiger partial charge is 0.385 e. The van der Waals surface area contributed by atoms with Gasteiger partial charge in [0.05, 0.1) is 22.8 Å². The number of rotatable bonds is 6. The van der Waals surface area contributed by atoms with E-state index in [1.165, 1.54) is 0 Å². The number of imidazole rings is 1. The Hall–Kier alpha value is -1.64. The second-order valence-corrected chi connectivity index (χ2v) is 5.54. The molecule has 8 heteroatoms. The maximum atomic E-state index is 12.0. The zero-order valence-electron chi connectivity index (χ0n) is 11.5. The molecule has 5 N–H and O–H groups in total. The van der Waals surface area contributed by atoms with Crippen molar-refractivity contribution in [2.24, 2.45) is 5.73 Å². The Balaban J connectivity index is 2.09. The van der Waals surface area contributed by atoms with Crippen LogP contribution in [0.15, 0.2) is 21.4 Å². The summed E-state index contributed by atoms with van der Waals surface area (Å²) in [5.41, 5.74) is 7.37. The Morgan fingerprint density at radius 3 is 2.76 bits per heavy atom. The minimum Gasteiger partial charge on any atom is -0.385 e. The molecule has 0 saturated carbocycles. The van der Waals surface area contributed by atoms with E-state index in [2.05, 4.69) is 31.2 Å². The van der Waals surface area contributed by atoms with Crippen LogP contribution in [0.25, 0.3) is 11.0 Å². The fourth-order valence-corrected chi connectivity index (χ4v) is 2.40. The number of carbonyl (C=O) groups excluding carboxylic acids is 1. The number of carbonyl (C=O) groups is 1. The number of hydrogen-bond acceptors (Lipinski definition) is 4. The van der Waals surface area contributed by atoms with Crippen LogP contribution in [0.2, 0.25) is 0 Å². The molecule has 2 rings (SSSR count). The molecule has 1 aromatic carbocycles. The van der Waals surface area contributed by atoms with Crippen LogP contribution >= 0.6 is 15.9 Å². The Morgan fingerprint density at radius 2 is 2.10 bits per heavy atom.